The Bertz CT molecular complexity index is 812. The predicted octanol–water partition coefficient (Wildman–Crippen LogP) is 2.69. The molecule has 0 saturated carbocycles. The molecule has 1 heterocycles. The fourth-order valence-electron chi connectivity index (χ4n) is 1.80. The van der Waals surface area contributed by atoms with E-state index in [2.05, 4.69) is 5.10 Å². The van der Waals surface area contributed by atoms with Crippen molar-refractivity contribution in [2.24, 2.45) is 7.05 Å². The van der Waals surface area contributed by atoms with E-state index >= 15 is 0 Å². The van der Waals surface area contributed by atoms with Gasteiger partial charge in [-0.25, -0.2) is 12.8 Å². The molecule has 0 amide bonds. The fraction of sp³-hybridized carbons (Fsp3) is 0.250. The second kappa shape index (κ2) is 5.27. The van der Waals surface area contributed by atoms with Gasteiger partial charge < -0.3 is 0 Å². The smallest absolute Gasteiger partial charge is 0.262 e. The molecule has 5 nitrogen and oxygen atoms in total. The number of hydrogen-bond donors (Lipinski definition) is 1. The number of hydrogen-bond acceptors (Lipinski definition) is 3. The molecule has 2 aromatic rings. The highest BCUT2D eigenvalue weighted by atomic mass is 32.2. The number of aromatic nitrogens is 2. The summed E-state index contributed by atoms with van der Waals surface area (Å²) in [7, 11) is -3.36. The third kappa shape index (κ3) is 3.06. The first kappa shape index (κ1) is 16.3. The Kier molecular flexibility index (Phi) is 3.90. The molecule has 0 radical (unpaired) electrons. The van der Waals surface area contributed by atoms with Crippen molar-refractivity contribution in [2.45, 2.75) is 18.0 Å². The molecule has 0 atom stereocenters. The lowest BCUT2D eigenvalue weighted by Gasteiger charge is -2.07. The summed E-state index contributed by atoms with van der Waals surface area (Å²) in [6, 6.07) is 4.24. The minimum absolute atomic E-state index is 0.0971. The SMILES string of the molecule is Cc1cccc(S(=O)(=O)Nc2cc(C(F)(F)F)n(C)n2)c1F. The molecule has 22 heavy (non-hydrogen) atoms. The van der Waals surface area contributed by atoms with Crippen LogP contribution in [0.1, 0.15) is 11.3 Å². The molecule has 0 aliphatic carbocycles. The standard InChI is InChI=1S/C12H11F4N3O2S/c1-7-4-3-5-8(11(7)13)22(20,21)18-10-6-9(12(14,15)16)19(2)17-10/h3-6H,1-2H3,(H,17,18). The van der Waals surface area contributed by atoms with Crippen LogP contribution in [0.2, 0.25) is 0 Å². The highest BCUT2D eigenvalue weighted by Gasteiger charge is 2.35. The van der Waals surface area contributed by atoms with E-state index in [1.165, 1.54) is 19.1 Å². The van der Waals surface area contributed by atoms with Gasteiger partial charge in [0.25, 0.3) is 10.0 Å². The zero-order chi connectivity index (χ0) is 16.7. The molecule has 0 aliphatic rings. The van der Waals surface area contributed by atoms with Crippen LogP contribution < -0.4 is 4.72 Å². The second-order valence-electron chi connectivity index (χ2n) is 4.53. The number of halogens is 4. The first-order chi connectivity index (χ1) is 10.0. The van der Waals surface area contributed by atoms with Crippen molar-refractivity contribution in [3.05, 3.63) is 41.3 Å². The Labute approximate surface area is 123 Å². The minimum atomic E-state index is -4.68. The summed E-state index contributed by atoms with van der Waals surface area (Å²) in [4.78, 5) is -0.660. The van der Waals surface area contributed by atoms with E-state index in [0.717, 1.165) is 13.1 Å². The van der Waals surface area contributed by atoms with Crippen LogP contribution in [0.5, 0.6) is 0 Å². The quantitative estimate of drug-likeness (QED) is 0.876. The third-order valence-electron chi connectivity index (χ3n) is 2.86. The number of aryl methyl sites for hydroxylation is 2. The summed E-state index contributed by atoms with van der Waals surface area (Å²) in [5.41, 5.74) is -1.03. The molecule has 0 fully saturated rings. The Hall–Kier alpha value is -2.10. The topological polar surface area (TPSA) is 64.0 Å². The van der Waals surface area contributed by atoms with Gasteiger partial charge in [0.2, 0.25) is 0 Å². The van der Waals surface area contributed by atoms with Gasteiger partial charge in [-0.05, 0) is 18.6 Å². The van der Waals surface area contributed by atoms with Gasteiger partial charge in [0.15, 0.2) is 5.82 Å². The molecule has 0 aliphatic heterocycles. The Balaban J connectivity index is 2.40. The minimum Gasteiger partial charge on any atom is -0.262 e. The van der Waals surface area contributed by atoms with Gasteiger partial charge >= 0.3 is 6.18 Å². The van der Waals surface area contributed by atoms with Crippen molar-refractivity contribution < 1.29 is 26.0 Å². The molecule has 1 N–H and O–H groups in total. The number of nitrogens with zero attached hydrogens (tertiary/aromatic N) is 2. The van der Waals surface area contributed by atoms with Gasteiger partial charge in [-0.3, -0.25) is 9.40 Å². The lowest BCUT2D eigenvalue weighted by molar-refractivity contribution is -0.143. The summed E-state index contributed by atoms with van der Waals surface area (Å²) < 4.78 is 78.2. The van der Waals surface area contributed by atoms with E-state index in [-0.39, 0.29) is 5.56 Å². The summed E-state index contributed by atoms with van der Waals surface area (Å²) >= 11 is 0. The molecular weight excluding hydrogens is 326 g/mol. The van der Waals surface area contributed by atoms with Crippen LogP contribution in [0.3, 0.4) is 0 Å². The number of alkyl halides is 3. The van der Waals surface area contributed by atoms with Crippen LogP contribution in [-0.4, -0.2) is 18.2 Å². The number of benzene rings is 1. The molecule has 0 unspecified atom stereocenters. The largest absolute Gasteiger partial charge is 0.433 e. The average Bonchev–Trinajstić information content (AvgIpc) is 2.72. The average molecular weight is 337 g/mol. The van der Waals surface area contributed by atoms with Crippen LogP contribution in [0.15, 0.2) is 29.2 Å². The second-order valence-corrected chi connectivity index (χ2v) is 6.18. The van der Waals surface area contributed by atoms with E-state index in [4.69, 9.17) is 0 Å². The van der Waals surface area contributed by atoms with E-state index in [9.17, 15) is 26.0 Å². The van der Waals surface area contributed by atoms with E-state index in [0.29, 0.717) is 10.7 Å². The normalized spacial score (nSPS) is 12.5. The van der Waals surface area contributed by atoms with Gasteiger partial charge in [0, 0.05) is 13.1 Å². The van der Waals surface area contributed by atoms with E-state index in [1.807, 2.05) is 4.72 Å². The molecule has 0 bridgehead atoms. The maximum atomic E-state index is 13.8. The van der Waals surface area contributed by atoms with Crippen molar-refractivity contribution in [1.29, 1.82) is 0 Å². The monoisotopic (exact) mass is 337 g/mol. The van der Waals surface area contributed by atoms with Crippen molar-refractivity contribution in [3.63, 3.8) is 0 Å². The summed E-state index contributed by atoms with van der Waals surface area (Å²) in [6.07, 6.45) is -4.68. The fourth-order valence-corrected chi connectivity index (χ4v) is 2.94. The van der Waals surface area contributed by atoms with Gasteiger partial charge in [0.05, 0.1) is 0 Å². The van der Waals surface area contributed by atoms with Crippen LogP contribution in [0.4, 0.5) is 23.4 Å². The molecule has 1 aromatic carbocycles. The zero-order valence-corrected chi connectivity index (χ0v) is 12.3. The van der Waals surface area contributed by atoms with Crippen molar-refractivity contribution in [2.75, 3.05) is 4.72 Å². The van der Waals surface area contributed by atoms with Crippen LogP contribution in [0.25, 0.3) is 0 Å². The third-order valence-corrected chi connectivity index (χ3v) is 4.23. The highest BCUT2D eigenvalue weighted by Crippen LogP contribution is 2.31. The first-order valence-corrected chi connectivity index (χ1v) is 7.40. The molecule has 0 spiro atoms. The lowest BCUT2D eigenvalue weighted by Crippen LogP contribution is -2.15. The number of sulfonamides is 1. The van der Waals surface area contributed by atoms with Gasteiger partial charge in [-0.1, -0.05) is 12.1 Å². The summed E-state index contributed by atoms with van der Waals surface area (Å²) in [5.74, 6) is -1.52. The number of rotatable bonds is 3. The van der Waals surface area contributed by atoms with Gasteiger partial charge in [0.1, 0.15) is 16.4 Å². The number of nitrogens with one attached hydrogen (secondary N) is 1. The predicted molar refractivity (Wildman–Crippen MR) is 70.2 cm³/mol. The maximum absolute atomic E-state index is 13.8. The Morgan fingerprint density at radius 3 is 2.45 bits per heavy atom. The maximum Gasteiger partial charge on any atom is 0.433 e. The molecule has 120 valence electrons. The highest BCUT2D eigenvalue weighted by molar-refractivity contribution is 7.92. The van der Waals surface area contributed by atoms with Crippen molar-refractivity contribution >= 4 is 15.8 Å². The Morgan fingerprint density at radius 2 is 1.91 bits per heavy atom. The summed E-state index contributed by atoms with van der Waals surface area (Å²) in [5, 5.41) is 3.42. The molecular formula is C12H11F4N3O2S. The molecule has 1 aromatic heterocycles. The van der Waals surface area contributed by atoms with Crippen LogP contribution in [0, 0.1) is 12.7 Å². The van der Waals surface area contributed by atoms with Crippen LogP contribution in [-0.2, 0) is 23.2 Å². The van der Waals surface area contributed by atoms with Gasteiger partial charge in [-0.2, -0.15) is 18.3 Å². The molecule has 0 saturated heterocycles. The molecule has 10 heteroatoms. The van der Waals surface area contributed by atoms with Crippen molar-refractivity contribution in [3.8, 4) is 0 Å². The Morgan fingerprint density at radius 1 is 1.27 bits per heavy atom. The first-order valence-electron chi connectivity index (χ1n) is 5.91. The van der Waals surface area contributed by atoms with E-state index in [1.54, 1.807) is 0 Å². The lowest BCUT2D eigenvalue weighted by atomic mass is 10.2. The number of anilines is 1. The van der Waals surface area contributed by atoms with Gasteiger partial charge in [-0.15, -0.1) is 0 Å². The molecule has 2 rings (SSSR count). The van der Waals surface area contributed by atoms with Crippen LogP contribution >= 0.6 is 0 Å². The van der Waals surface area contributed by atoms with E-state index < -0.39 is 38.4 Å². The zero-order valence-electron chi connectivity index (χ0n) is 11.4. The summed E-state index contributed by atoms with van der Waals surface area (Å²) in [6.45, 7) is 1.37. The van der Waals surface area contributed by atoms with Crippen molar-refractivity contribution in [1.82, 2.24) is 9.78 Å².